The van der Waals surface area contributed by atoms with E-state index in [0.29, 0.717) is 31.7 Å². The number of rotatable bonds is 21. The second-order valence-electron chi connectivity index (χ2n) is 32.5. The number of nitrogens with two attached hydrogens (primary N) is 1. The summed E-state index contributed by atoms with van der Waals surface area (Å²) in [5, 5.41) is 159. The molecular weight excluding hydrogens is 1690 g/mol. The van der Waals surface area contributed by atoms with Gasteiger partial charge in [0.05, 0.1) is 23.3 Å². The molecule has 0 aliphatic carbocycles. The maximum Gasteiger partial charge on any atom is 0.248 e. The molecular formula is C87H100Cl2N10O27. The summed E-state index contributed by atoms with van der Waals surface area (Å²) in [5.74, 6) is -15.2. The van der Waals surface area contributed by atoms with Crippen molar-refractivity contribution in [3.8, 4) is 80.1 Å². The Morgan fingerprint density at radius 3 is 1.79 bits per heavy atom. The van der Waals surface area contributed by atoms with Crippen LogP contribution in [0.5, 0.6) is 69.0 Å². The number of amides is 8. The van der Waals surface area contributed by atoms with Crippen LogP contribution < -0.4 is 72.0 Å². The first-order valence-electron chi connectivity index (χ1n) is 41.0. The fourth-order valence-corrected chi connectivity index (χ4v) is 16.1. The second kappa shape index (κ2) is 40.1. The molecule has 2 saturated heterocycles. The number of aliphatic hydroxyl groups is 8. The Hall–Kier alpha value is -11.4. The average molecular weight is 1790 g/mol. The molecule has 39 heteroatoms. The van der Waals surface area contributed by atoms with Crippen LogP contribution in [0.2, 0.25) is 10.0 Å². The molecule has 674 valence electrons. The molecule has 0 spiro atoms. The first kappa shape index (κ1) is 92.3. The maximum atomic E-state index is 16.8. The predicted octanol–water partition coefficient (Wildman–Crippen LogP) is 3.82. The highest BCUT2D eigenvalue weighted by Crippen LogP contribution is 2.51. The highest BCUT2D eigenvalue weighted by atomic mass is 35.5. The van der Waals surface area contributed by atoms with E-state index >= 15 is 28.8 Å². The first-order valence-corrected chi connectivity index (χ1v) is 41.8. The quantitative estimate of drug-likeness (QED) is 0.0455. The molecule has 18 atom stereocenters. The van der Waals surface area contributed by atoms with Crippen LogP contribution in [0.1, 0.15) is 147 Å². The van der Waals surface area contributed by atoms with Gasteiger partial charge in [-0.1, -0.05) is 99.8 Å². The molecule has 2 fully saturated rings. The number of carbonyl (C=O) groups excluding carboxylic acids is 8. The highest BCUT2D eigenvalue weighted by Gasteiger charge is 2.50. The van der Waals surface area contributed by atoms with Gasteiger partial charge >= 0.3 is 0 Å². The van der Waals surface area contributed by atoms with Crippen LogP contribution in [0.4, 0.5) is 0 Å². The number of hydrogen-bond acceptors (Lipinski definition) is 29. The van der Waals surface area contributed by atoms with Crippen LogP contribution in [0.25, 0.3) is 11.1 Å². The average Bonchev–Trinajstić information content (AvgIpc) is 0.755. The van der Waals surface area contributed by atoms with E-state index in [2.05, 4.69) is 56.4 Å². The van der Waals surface area contributed by atoms with Crippen LogP contribution in [0.3, 0.4) is 0 Å². The van der Waals surface area contributed by atoms with Crippen molar-refractivity contribution in [2.75, 3.05) is 40.4 Å². The zero-order valence-electron chi connectivity index (χ0n) is 68.6. The SMILES string of the molecule is CC(C)CCCCCCCCC(=O)NC1[C@H](Oc2c3cc4cc2Oc2ccc(cc2Cl)[C@@H](O)[C@@H]2NC(=O)[C@H](NC(=O)[C@@H]4NC(=O)[C@H]4NC(=O)[C@@H](Cc5ccc(c(Cl)c5)O3)NC(=O)[C@H](N)c3ccc(O)c(c3)Oc3cc(O)cc4c3)c3ccc(O)c(c3)-c3c(O[C@@H]4O[C@@H](CO)[C@H](O)C(O)C4O)cc(O)cc3[C@@H](C(=O)NCCCN(C)C)NC2=O)OC(CO)[C@H](O)[C@@H]1O. The van der Waals surface area contributed by atoms with E-state index in [-0.39, 0.29) is 63.2 Å². The van der Waals surface area contributed by atoms with Gasteiger partial charge in [-0.25, -0.2) is 0 Å². The fourth-order valence-electron chi connectivity index (χ4n) is 15.7. The summed E-state index contributed by atoms with van der Waals surface area (Å²) >= 11 is 14.5. The Bertz CT molecular complexity index is 5240. The van der Waals surface area contributed by atoms with Gasteiger partial charge in [0, 0.05) is 42.6 Å². The summed E-state index contributed by atoms with van der Waals surface area (Å²) in [7, 11) is 3.54. The van der Waals surface area contributed by atoms with Gasteiger partial charge in [-0.05, 0) is 157 Å². The molecule has 8 aliphatic rings. The van der Waals surface area contributed by atoms with Crippen LogP contribution in [-0.4, -0.2) is 227 Å². The molecule has 7 aromatic carbocycles. The summed E-state index contributed by atoms with van der Waals surface area (Å²) in [4.78, 5) is 126. The van der Waals surface area contributed by atoms with Gasteiger partial charge in [-0.2, -0.15) is 0 Å². The van der Waals surface area contributed by atoms with Crippen molar-refractivity contribution < 1.29 is 133 Å². The number of phenols is 4. The van der Waals surface area contributed by atoms with Crippen molar-refractivity contribution in [1.82, 2.24) is 47.4 Å². The van der Waals surface area contributed by atoms with E-state index in [0.717, 1.165) is 98.8 Å². The van der Waals surface area contributed by atoms with Gasteiger partial charge in [0.15, 0.2) is 23.0 Å². The van der Waals surface area contributed by atoms with Gasteiger partial charge < -0.3 is 148 Å². The summed E-state index contributed by atoms with van der Waals surface area (Å²) in [5.41, 5.74) is 4.01. The zero-order valence-corrected chi connectivity index (χ0v) is 70.1. The molecule has 8 heterocycles. The number of carbonyl (C=O) groups is 8. The van der Waals surface area contributed by atoms with Gasteiger partial charge in [0.2, 0.25) is 65.6 Å². The summed E-state index contributed by atoms with van der Waals surface area (Å²) < 4.78 is 44.8. The fraction of sp³-hybridized carbons (Fsp3) is 0.425. The largest absolute Gasteiger partial charge is 0.508 e. The molecule has 8 aliphatic heterocycles. The van der Waals surface area contributed by atoms with Crippen molar-refractivity contribution in [3.63, 3.8) is 0 Å². The van der Waals surface area contributed by atoms with Gasteiger partial charge in [-0.3, -0.25) is 38.4 Å². The third-order valence-electron chi connectivity index (χ3n) is 22.5. The monoisotopic (exact) mass is 1790 g/mol. The van der Waals surface area contributed by atoms with E-state index in [1.807, 2.05) is 4.90 Å². The number of nitrogens with one attached hydrogen (secondary N) is 8. The molecule has 126 heavy (non-hydrogen) atoms. The number of aromatic hydroxyl groups is 4. The minimum Gasteiger partial charge on any atom is -0.508 e. The molecule has 7 aromatic rings. The smallest absolute Gasteiger partial charge is 0.248 e. The molecule has 0 saturated carbocycles. The lowest BCUT2D eigenvalue weighted by molar-refractivity contribution is -0.277. The highest BCUT2D eigenvalue weighted by molar-refractivity contribution is 6.32. The topological polar surface area (TPSA) is 569 Å². The Morgan fingerprint density at radius 2 is 1.13 bits per heavy atom. The van der Waals surface area contributed by atoms with E-state index in [4.69, 9.17) is 62.1 Å². The number of benzene rings is 7. The number of unbranched alkanes of at least 4 members (excludes halogenated alkanes) is 5. The van der Waals surface area contributed by atoms with Crippen molar-refractivity contribution in [1.29, 1.82) is 0 Å². The number of aliphatic hydroxyl groups excluding tert-OH is 8. The summed E-state index contributed by atoms with van der Waals surface area (Å²) in [6.45, 7) is 2.71. The second-order valence-corrected chi connectivity index (χ2v) is 33.3. The van der Waals surface area contributed by atoms with Gasteiger partial charge in [-0.15, -0.1) is 0 Å². The Kier molecular flexibility index (Phi) is 29.3. The molecule has 4 unspecified atom stereocenters. The number of phenolic OH excluding ortho intramolecular Hbond substituents is 4. The van der Waals surface area contributed by atoms with Crippen LogP contribution in [-0.2, 0) is 54.3 Å². The minimum atomic E-state index is -2.40. The van der Waals surface area contributed by atoms with Crippen molar-refractivity contribution in [2.45, 2.75) is 188 Å². The normalized spacial score (nSPS) is 26.1. The molecule has 22 N–H and O–H groups in total. The first-order chi connectivity index (χ1) is 60.1. The van der Waals surface area contributed by atoms with Crippen molar-refractivity contribution in [3.05, 3.63) is 164 Å². The van der Waals surface area contributed by atoms with Crippen molar-refractivity contribution >= 4 is 70.5 Å². The standard InChI is InChI=1S/C87H100Cl2N10O27/c1-38(2)12-9-7-5-6-8-10-13-63(106)93-71-75(110)73(108)61(36-100)124-86(71)126-78-59-31-44-32-60(78)122-56-21-17-42(29-51(56)89)72(107)70-85(119)97-69(81(115)91-22-11-23-99(3)4)49-34-46(103)35-58(123-87-77(112)76(111)74(109)62(37-101)125-87)64(49)48-28-41(16-18-53(48)104)66(82(116)98-70)95-84(118)68(44)96-83(117)67-43-26-45(102)33-47(27-43)120-57-30-40(15-19-54(57)105)65(90)80(114)92-52(79(113)94-67)25-39-14-20-55(121-59)50(88)24-39/h14-21,24,26-35,38,52,61-62,65-77,86-87,100-105,107-112H,5-13,22-23,25,36-37,90H2,1-4H3,(H,91,115)(H,92,114)(H,93,106)(H,94,113)(H,95,118)(H,96,117)(H,97,119)(H,98,116)/t52-,61?,62+,65-,66-,67+,68-,69+,70+,71?,72-,73+,74+,75-,76?,77?,86+,87-/m1/s1. The predicted molar refractivity (Wildman–Crippen MR) is 447 cm³/mol. The lowest BCUT2D eigenvalue weighted by atomic mass is 9.89. The lowest BCUT2D eigenvalue weighted by Crippen LogP contribution is -2.65. The molecule has 37 nitrogen and oxygen atoms in total. The van der Waals surface area contributed by atoms with E-state index in [1.165, 1.54) is 48.5 Å². The number of hydrogen-bond donors (Lipinski definition) is 21. The number of ether oxygens (including phenoxy) is 7. The van der Waals surface area contributed by atoms with E-state index in [1.54, 1.807) is 14.1 Å². The summed E-state index contributed by atoms with van der Waals surface area (Å²) in [6.07, 6.45) is -14.1. The van der Waals surface area contributed by atoms with Crippen LogP contribution in [0.15, 0.2) is 115 Å². The molecule has 0 aromatic heterocycles. The van der Waals surface area contributed by atoms with Crippen LogP contribution in [0, 0.1) is 5.92 Å². The Labute approximate surface area is 731 Å². The van der Waals surface area contributed by atoms with E-state index in [9.17, 15) is 70.9 Å². The number of halogens is 2. The number of nitrogens with zero attached hydrogens (tertiary/aromatic N) is 1. The number of fused-ring (bicyclic) bond motifs is 14. The third-order valence-corrected chi connectivity index (χ3v) is 23.1. The lowest BCUT2D eigenvalue weighted by Gasteiger charge is -2.42. The third kappa shape index (κ3) is 21.0. The summed E-state index contributed by atoms with van der Waals surface area (Å²) in [6, 6.07) is 5.38. The molecule has 15 rings (SSSR count). The minimum absolute atomic E-state index is 0.0621. The van der Waals surface area contributed by atoms with Crippen LogP contribution >= 0.6 is 23.2 Å². The molecule has 8 amide bonds. The molecule has 0 radical (unpaired) electrons. The molecule has 17 bridgehead atoms. The van der Waals surface area contributed by atoms with Gasteiger partial charge in [0.25, 0.3) is 0 Å². The maximum absolute atomic E-state index is 16.8. The van der Waals surface area contributed by atoms with Crippen molar-refractivity contribution in [2.24, 2.45) is 11.7 Å². The zero-order chi connectivity index (χ0) is 90.4. The Morgan fingerprint density at radius 1 is 0.540 bits per heavy atom. The van der Waals surface area contributed by atoms with E-state index < -0.39 is 255 Å². The van der Waals surface area contributed by atoms with Gasteiger partial charge in [0.1, 0.15) is 137 Å². The Balaban J connectivity index is 1.04.